The van der Waals surface area contributed by atoms with E-state index in [0.717, 1.165) is 24.4 Å². The lowest BCUT2D eigenvalue weighted by molar-refractivity contribution is 0.0913. The van der Waals surface area contributed by atoms with Crippen LogP contribution in [-0.4, -0.2) is 35.9 Å². The fraction of sp³-hybridized carbons (Fsp3) is 0.423. The molecule has 0 aliphatic heterocycles. The van der Waals surface area contributed by atoms with Gasteiger partial charge in [0.25, 0.3) is 5.91 Å². The molecule has 0 radical (unpaired) electrons. The van der Waals surface area contributed by atoms with E-state index in [1.165, 1.54) is 0 Å². The van der Waals surface area contributed by atoms with Crippen molar-refractivity contribution in [2.24, 2.45) is 5.92 Å². The van der Waals surface area contributed by atoms with E-state index >= 15 is 0 Å². The van der Waals surface area contributed by atoms with Crippen molar-refractivity contribution >= 4 is 5.91 Å². The van der Waals surface area contributed by atoms with Crippen LogP contribution in [0.25, 0.3) is 0 Å². The van der Waals surface area contributed by atoms with Crippen LogP contribution < -0.4 is 19.5 Å². The average molecular weight is 466 g/mol. The molecule has 8 nitrogen and oxygen atoms in total. The van der Waals surface area contributed by atoms with Crippen molar-refractivity contribution in [1.29, 1.82) is 0 Å². The lowest BCUT2D eigenvalue weighted by Gasteiger charge is -2.19. The Balaban J connectivity index is 1.39. The van der Waals surface area contributed by atoms with Gasteiger partial charge < -0.3 is 24.1 Å². The predicted octanol–water partition coefficient (Wildman–Crippen LogP) is 4.93. The summed E-state index contributed by atoms with van der Waals surface area (Å²) in [4.78, 5) is 17.6. The van der Waals surface area contributed by atoms with Crippen molar-refractivity contribution in [3.05, 3.63) is 65.8 Å². The summed E-state index contributed by atoms with van der Waals surface area (Å²) in [5.41, 5.74) is 0.462. The minimum absolute atomic E-state index is 0.0787. The zero-order valence-corrected chi connectivity index (χ0v) is 19.8. The normalized spacial score (nSPS) is 14.0. The minimum Gasteiger partial charge on any atom is -0.490 e. The maximum atomic E-state index is 13.1. The highest BCUT2D eigenvalue weighted by atomic mass is 16.5. The molecule has 1 fully saturated rings. The number of carbonyl (C=O) groups is 1. The van der Waals surface area contributed by atoms with Gasteiger partial charge in [-0.3, -0.25) is 4.79 Å². The van der Waals surface area contributed by atoms with E-state index in [0.29, 0.717) is 48.7 Å². The summed E-state index contributed by atoms with van der Waals surface area (Å²) < 4.78 is 22.7. The second-order valence-corrected chi connectivity index (χ2v) is 8.56. The maximum absolute atomic E-state index is 13.1. The van der Waals surface area contributed by atoms with Crippen molar-refractivity contribution in [3.8, 4) is 17.2 Å². The van der Waals surface area contributed by atoms with Crippen LogP contribution in [-0.2, 0) is 0 Å². The number of hydrogen-bond acceptors (Lipinski definition) is 7. The summed E-state index contributed by atoms with van der Waals surface area (Å²) >= 11 is 0. The van der Waals surface area contributed by atoms with Crippen LogP contribution in [0.4, 0.5) is 0 Å². The Hall–Kier alpha value is -3.55. The SMILES string of the molecule is CCOc1cc(C(=O)NC(c2nc(C3CC3)no2)C(C)C)ccc1OCCOc1ccccc1. The summed E-state index contributed by atoms with van der Waals surface area (Å²) in [5, 5.41) is 7.11. The van der Waals surface area contributed by atoms with Gasteiger partial charge in [0.2, 0.25) is 5.89 Å². The summed E-state index contributed by atoms with van der Waals surface area (Å²) in [6, 6.07) is 14.3. The number of nitrogens with one attached hydrogen (secondary N) is 1. The molecule has 1 saturated carbocycles. The van der Waals surface area contributed by atoms with Crippen LogP contribution in [0.3, 0.4) is 0 Å². The number of hydrogen-bond donors (Lipinski definition) is 1. The van der Waals surface area contributed by atoms with E-state index in [1.54, 1.807) is 18.2 Å². The van der Waals surface area contributed by atoms with Gasteiger partial charge in [0.05, 0.1) is 6.61 Å². The smallest absolute Gasteiger partial charge is 0.252 e. The number of ether oxygens (including phenoxy) is 3. The van der Waals surface area contributed by atoms with Gasteiger partial charge in [-0.25, -0.2) is 0 Å². The van der Waals surface area contributed by atoms with Crippen molar-refractivity contribution in [3.63, 3.8) is 0 Å². The van der Waals surface area contributed by atoms with Crippen molar-refractivity contribution in [1.82, 2.24) is 15.5 Å². The van der Waals surface area contributed by atoms with Gasteiger partial charge >= 0.3 is 0 Å². The van der Waals surface area contributed by atoms with E-state index < -0.39 is 0 Å². The predicted molar refractivity (Wildman–Crippen MR) is 126 cm³/mol. The van der Waals surface area contributed by atoms with Gasteiger partial charge in [0.15, 0.2) is 17.3 Å². The van der Waals surface area contributed by atoms with Crippen LogP contribution in [0.15, 0.2) is 53.1 Å². The molecule has 34 heavy (non-hydrogen) atoms. The first-order chi connectivity index (χ1) is 16.5. The van der Waals surface area contributed by atoms with E-state index in [4.69, 9.17) is 18.7 Å². The maximum Gasteiger partial charge on any atom is 0.252 e. The molecular formula is C26H31N3O5. The monoisotopic (exact) mass is 465 g/mol. The second kappa shape index (κ2) is 11.0. The summed E-state index contributed by atoms with van der Waals surface area (Å²) in [5.74, 6) is 3.24. The quantitative estimate of drug-likeness (QED) is 0.379. The molecule has 1 aliphatic carbocycles. The Morgan fingerprint density at radius 2 is 1.82 bits per heavy atom. The number of aromatic nitrogens is 2. The molecule has 1 unspecified atom stereocenters. The molecule has 1 N–H and O–H groups in total. The van der Waals surface area contributed by atoms with Gasteiger partial charge in [-0.15, -0.1) is 0 Å². The lowest BCUT2D eigenvalue weighted by atomic mass is 10.0. The molecule has 0 spiro atoms. The first-order valence-corrected chi connectivity index (χ1v) is 11.8. The standard InChI is InChI=1S/C26H31N3O5/c1-4-31-22-16-19(12-13-21(22)33-15-14-32-20-8-6-5-7-9-20)25(30)27-23(17(2)3)26-28-24(29-34-26)18-10-11-18/h5-9,12-13,16-18,23H,4,10-11,14-15H2,1-3H3,(H,27,30). The van der Waals surface area contributed by atoms with E-state index in [1.807, 2.05) is 51.1 Å². The summed E-state index contributed by atoms with van der Waals surface area (Å²) in [6.45, 7) is 7.08. The molecule has 1 heterocycles. The summed E-state index contributed by atoms with van der Waals surface area (Å²) in [7, 11) is 0. The zero-order valence-electron chi connectivity index (χ0n) is 19.8. The van der Waals surface area contributed by atoms with E-state index in [2.05, 4.69) is 15.5 Å². The number of amides is 1. The minimum atomic E-state index is -0.380. The Bertz CT molecular complexity index is 1080. The second-order valence-electron chi connectivity index (χ2n) is 8.56. The topological polar surface area (TPSA) is 95.7 Å². The van der Waals surface area contributed by atoms with Gasteiger partial charge in [0, 0.05) is 11.5 Å². The van der Waals surface area contributed by atoms with Crippen molar-refractivity contribution < 1.29 is 23.5 Å². The Labute approximate surface area is 199 Å². The van der Waals surface area contributed by atoms with E-state index in [9.17, 15) is 4.79 Å². The van der Waals surface area contributed by atoms with Crippen molar-refractivity contribution in [2.45, 2.75) is 45.6 Å². The summed E-state index contributed by atoms with van der Waals surface area (Å²) in [6.07, 6.45) is 2.18. The zero-order chi connectivity index (χ0) is 23.9. The molecule has 4 rings (SSSR count). The number of nitrogens with zero attached hydrogens (tertiary/aromatic N) is 2. The van der Waals surface area contributed by atoms with Gasteiger partial charge in [-0.05, 0) is 56.0 Å². The van der Waals surface area contributed by atoms with Crippen LogP contribution >= 0.6 is 0 Å². The largest absolute Gasteiger partial charge is 0.490 e. The van der Waals surface area contributed by atoms with Crippen LogP contribution in [0, 0.1) is 5.92 Å². The highest BCUT2D eigenvalue weighted by Gasteiger charge is 2.31. The molecule has 1 aliphatic rings. The first kappa shape index (κ1) is 23.6. The lowest BCUT2D eigenvalue weighted by Crippen LogP contribution is -2.32. The third kappa shape index (κ3) is 6.07. The first-order valence-electron chi connectivity index (χ1n) is 11.8. The number of carbonyl (C=O) groups excluding carboxylic acids is 1. The molecule has 3 aromatic rings. The van der Waals surface area contributed by atoms with Crippen LogP contribution in [0.2, 0.25) is 0 Å². The van der Waals surface area contributed by atoms with E-state index in [-0.39, 0.29) is 17.9 Å². The number of benzene rings is 2. The van der Waals surface area contributed by atoms with Gasteiger partial charge in [-0.2, -0.15) is 4.98 Å². The third-order valence-corrected chi connectivity index (χ3v) is 5.48. The molecule has 1 aromatic heterocycles. The fourth-order valence-corrected chi connectivity index (χ4v) is 3.48. The molecule has 1 atom stereocenters. The molecule has 180 valence electrons. The van der Waals surface area contributed by atoms with Crippen LogP contribution in [0.5, 0.6) is 17.2 Å². The fourth-order valence-electron chi connectivity index (χ4n) is 3.48. The Morgan fingerprint density at radius 1 is 1.06 bits per heavy atom. The molecular weight excluding hydrogens is 434 g/mol. The number of rotatable bonds is 12. The molecule has 0 saturated heterocycles. The Morgan fingerprint density at radius 3 is 2.53 bits per heavy atom. The van der Waals surface area contributed by atoms with Crippen LogP contribution in [0.1, 0.15) is 67.6 Å². The number of para-hydroxylation sites is 1. The molecule has 2 aromatic carbocycles. The van der Waals surface area contributed by atoms with Gasteiger partial charge in [0.1, 0.15) is 25.0 Å². The average Bonchev–Trinajstić information content (AvgIpc) is 3.58. The van der Waals surface area contributed by atoms with Crippen molar-refractivity contribution in [2.75, 3.05) is 19.8 Å². The Kier molecular flexibility index (Phi) is 7.67. The van der Waals surface area contributed by atoms with Gasteiger partial charge in [-0.1, -0.05) is 37.2 Å². The molecule has 0 bridgehead atoms. The highest BCUT2D eigenvalue weighted by molar-refractivity contribution is 5.95. The molecule has 8 heteroatoms. The third-order valence-electron chi connectivity index (χ3n) is 5.48. The highest BCUT2D eigenvalue weighted by Crippen LogP contribution is 2.38. The molecule has 1 amide bonds.